The number of pyridine rings is 1. The lowest BCUT2D eigenvalue weighted by atomic mass is 10.3. The summed E-state index contributed by atoms with van der Waals surface area (Å²) in [6.07, 6.45) is 6.85. The molecule has 3 aromatic rings. The molecular weight excluding hydrogens is 342 g/mol. The van der Waals surface area contributed by atoms with Crippen LogP contribution in [0, 0.1) is 6.92 Å². The lowest BCUT2D eigenvalue weighted by Crippen LogP contribution is -2.24. The summed E-state index contributed by atoms with van der Waals surface area (Å²) in [4.78, 5) is 29.8. The lowest BCUT2D eigenvalue weighted by molar-refractivity contribution is -0.118. The van der Waals surface area contributed by atoms with Gasteiger partial charge in [0.2, 0.25) is 5.91 Å². The van der Waals surface area contributed by atoms with Crippen molar-refractivity contribution < 1.29 is 4.79 Å². The molecule has 0 unspecified atom stereocenters. The summed E-state index contributed by atoms with van der Waals surface area (Å²) in [5.74, 6) is 0.236. The summed E-state index contributed by atoms with van der Waals surface area (Å²) in [5, 5.41) is 4.43. The van der Waals surface area contributed by atoms with Crippen molar-refractivity contribution in [2.45, 2.75) is 18.6 Å². The van der Waals surface area contributed by atoms with Crippen LogP contribution in [-0.4, -0.2) is 31.6 Å². The van der Waals surface area contributed by atoms with Gasteiger partial charge < -0.3 is 5.32 Å². The predicted molar refractivity (Wildman–Crippen MR) is 94.7 cm³/mol. The Morgan fingerprint density at radius 2 is 2.08 bits per heavy atom. The van der Waals surface area contributed by atoms with Crippen molar-refractivity contribution >= 4 is 29.0 Å². The number of rotatable bonds is 6. The summed E-state index contributed by atoms with van der Waals surface area (Å²) < 4.78 is 0. The van der Waals surface area contributed by atoms with Gasteiger partial charge in [0.1, 0.15) is 5.01 Å². The van der Waals surface area contributed by atoms with Gasteiger partial charge >= 0.3 is 0 Å². The number of carbonyl (C=O) groups excluding carboxylic acids is 1. The molecule has 0 aliphatic carbocycles. The maximum Gasteiger partial charge on any atom is 0.230 e. The Bertz CT molecular complexity index is 808. The second-order valence-electron chi connectivity index (χ2n) is 4.87. The molecule has 0 aliphatic heterocycles. The van der Waals surface area contributed by atoms with Crippen LogP contribution in [0.15, 0.2) is 48.1 Å². The number of hydrogen-bond acceptors (Lipinski definition) is 7. The molecule has 0 aliphatic rings. The maximum atomic E-state index is 12.0. The van der Waals surface area contributed by atoms with E-state index in [0.29, 0.717) is 11.7 Å². The van der Waals surface area contributed by atoms with Crippen molar-refractivity contribution in [2.24, 2.45) is 0 Å². The molecule has 0 bridgehead atoms. The first-order valence-corrected chi connectivity index (χ1v) is 9.06. The van der Waals surface area contributed by atoms with Crippen molar-refractivity contribution in [2.75, 3.05) is 5.75 Å². The van der Waals surface area contributed by atoms with E-state index in [-0.39, 0.29) is 11.7 Å². The molecule has 3 heterocycles. The zero-order chi connectivity index (χ0) is 16.8. The van der Waals surface area contributed by atoms with Gasteiger partial charge in [-0.25, -0.2) is 15.0 Å². The van der Waals surface area contributed by atoms with Crippen molar-refractivity contribution in [3.63, 3.8) is 0 Å². The largest absolute Gasteiger partial charge is 0.350 e. The Labute approximate surface area is 147 Å². The summed E-state index contributed by atoms with van der Waals surface area (Å²) in [5.41, 5.74) is 1.91. The maximum absolute atomic E-state index is 12.0. The molecule has 3 aromatic heterocycles. The van der Waals surface area contributed by atoms with E-state index in [1.165, 1.54) is 11.8 Å². The molecule has 8 heteroatoms. The van der Waals surface area contributed by atoms with Crippen molar-refractivity contribution in [3.05, 3.63) is 53.6 Å². The minimum absolute atomic E-state index is 0.0526. The smallest absolute Gasteiger partial charge is 0.230 e. The van der Waals surface area contributed by atoms with E-state index in [9.17, 15) is 4.79 Å². The quantitative estimate of drug-likeness (QED) is 0.540. The Morgan fingerprint density at radius 1 is 1.25 bits per heavy atom. The highest BCUT2D eigenvalue weighted by molar-refractivity contribution is 7.99. The number of thioether (sulfide) groups is 1. The van der Waals surface area contributed by atoms with Gasteiger partial charge in [0.05, 0.1) is 18.0 Å². The Morgan fingerprint density at radius 3 is 2.83 bits per heavy atom. The fraction of sp³-hybridized carbons (Fsp3) is 0.188. The number of aryl methyl sites for hydroxylation is 1. The van der Waals surface area contributed by atoms with E-state index in [2.05, 4.69) is 25.3 Å². The summed E-state index contributed by atoms with van der Waals surface area (Å²) in [6, 6.07) is 5.61. The number of nitrogens with zero attached hydrogens (tertiary/aromatic N) is 4. The molecule has 122 valence electrons. The molecule has 1 N–H and O–H groups in total. The van der Waals surface area contributed by atoms with Crippen LogP contribution in [-0.2, 0) is 11.3 Å². The van der Waals surface area contributed by atoms with Gasteiger partial charge in [0.15, 0.2) is 5.16 Å². The molecule has 1 amide bonds. The van der Waals surface area contributed by atoms with Gasteiger partial charge in [-0.3, -0.25) is 9.78 Å². The third kappa shape index (κ3) is 4.36. The zero-order valence-electron chi connectivity index (χ0n) is 13.0. The van der Waals surface area contributed by atoms with E-state index in [1.807, 2.05) is 19.1 Å². The minimum atomic E-state index is -0.0526. The first kappa shape index (κ1) is 16.5. The molecular formula is C16H15N5OS2. The monoisotopic (exact) mass is 357 g/mol. The van der Waals surface area contributed by atoms with Crippen LogP contribution in [0.25, 0.3) is 10.6 Å². The third-order valence-electron chi connectivity index (χ3n) is 3.12. The third-order valence-corrected chi connectivity index (χ3v) is 5.20. The first-order valence-electron chi connectivity index (χ1n) is 7.25. The van der Waals surface area contributed by atoms with Gasteiger partial charge in [-0.15, -0.1) is 11.3 Å². The average molecular weight is 357 g/mol. The highest BCUT2D eigenvalue weighted by Gasteiger charge is 2.11. The summed E-state index contributed by atoms with van der Waals surface area (Å²) in [6.45, 7) is 2.42. The predicted octanol–water partition coefficient (Wildman–Crippen LogP) is 2.71. The Hall–Kier alpha value is -2.32. The Kier molecular flexibility index (Phi) is 5.50. The fourth-order valence-corrected chi connectivity index (χ4v) is 3.55. The molecule has 24 heavy (non-hydrogen) atoms. The topological polar surface area (TPSA) is 80.7 Å². The number of amides is 1. The van der Waals surface area contributed by atoms with E-state index in [1.54, 1.807) is 42.2 Å². The number of nitrogens with one attached hydrogen (secondary N) is 1. The second-order valence-corrected chi connectivity index (χ2v) is 6.89. The van der Waals surface area contributed by atoms with Crippen molar-refractivity contribution in [1.29, 1.82) is 0 Å². The molecule has 0 fully saturated rings. The van der Waals surface area contributed by atoms with Crippen LogP contribution in [0.4, 0.5) is 0 Å². The molecule has 0 saturated carbocycles. The normalized spacial score (nSPS) is 10.5. The van der Waals surface area contributed by atoms with Crippen molar-refractivity contribution in [3.8, 4) is 10.6 Å². The van der Waals surface area contributed by atoms with Crippen molar-refractivity contribution in [1.82, 2.24) is 25.3 Å². The molecule has 3 rings (SSSR count). The fourth-order valence-electron chi connectivity index (χ4n) is 1.92. The zero-order valence-corrected chi connectivity index (χ0v) is 14.6. The van der Waals surface area contributed by atoms with E-state index in [4.69, 9.17) is 0 Å². The van der Waals surface area contributed by atoms with Crippen LogP contribution in [0.5, 0.6) is 0 Å². The average Bonchev–Trinajstić information content (AvgIpc) is 3.01. The van der Waals surface area contributed by atoms with E-state index >= 15 is 0 Å². The van der Waals surface area contributed by atoms with Gasteiger partial charge in [-0.2, -0.15) is 0 Å². The van der Waals surface area contributed by atoms with E-state index in [0.717, 1.165) is 21.1 Å². The molecule has 6 nitrogen and oxygen atoms in total. The lowest BCUT2D eigenvalue weighted by Gasteiger charge is -2.03. The highest BCUT2D eigenvalue weighted by Crippen LogP contribution is 2.27. The van der Waals surface area contributed by atoms with Crippen LogP contribution in [0.1, 0.15) is 10.6 Å². The second kappa shape index (κ2) is 7.98. The summed E-state index contributed by atoms with van der Waals surface area (Å²) >= 11 is 2.89. The van der Waals surface area contributed by atoms with Gasteiger partial charge in [0, 0.05) is 35.2 Å². The molecule has 0 saturated heterocycles. The molecule has 0 aromatic carbocycles. The first-order chi connectivity index (χ1) is 11.7. The number of carbonyl (C=O) groups is 1. The standard InChI is InChI=1S/C16H15N5OS2/c1-11-13(24-15(21-11)12-4-2-5-17-8-12)9-20-14(22)10-23-16-18-6-3-7-19-16/h2-8H,9-10H2,1H3,(H,20,22). The SMILES string of the molecule is Cc1nc(-c2cccnc2)sc1CNC(=O)CSc1ncccn1. The number of hydrogen-bond donors (Lipinski definition) is 1. The molecule has 0 radical (unpaired) electrons. The molecule has 0 spiro atoms. The van der Waals surface area contributed by atoms with Crippen LogP contribution in [0.2, 0.25) is 0 Å². The van der Waals surface area contributed by atoms with Gasteiger partial charge in [-0.1, -0.05) is 11.8 Å². The van der Waals surface area contributed by atoms with Crippen LogP contribution < -0.4 is 5.32 Å². The van der Waals surface area contributed by atoms with Gasteiger partial charge in [0.25, 0.3) is 0 Å². The van der Waals surface area contributed by atoms with Crippen LogP contribution >= 0.6 is 23.1 Å². The Balaban J connectivity index is 1.55. The minimum Gasteiger partial charge on any atom is -0.350 e. The number of thiazole rings is 1. The van der Waals surface area contributed by atoms with Gasteiger partial charge in [-0.05, 0) is 25.1 Å². The molecule has 0 atom stereocenters. The highest BCUT2D eigenvalue weighted by atomic mass is 32.2. The van der Waals surface area contributed by atoms with Crippen LogP contribution in [0.3, 0.4) is 0 Å². The number of aromatic nitrogens is 4. The van der Waals surface area contributed by atoms with E-state index < -0.39 is 0 Å². The summed E-state index contributed by atoms with van der Waals surface area (Å²) in [7, 11) is 0.